The van der Waals surface area contributed by atoms with Gasteiger partial charge in [0.25, 0.3) is 5.91 Å². The van der Waals surface area contributed by atoms with Gasteiger partial charge in [0, 0.05) is 25.0 Å². The summed E-state index contributed by atoms with van der Waals surface area (Å²) in [5, 5.41) is 7.38. The number of nitrogens with zero attached hydrogens (tertiary/aromatic N) is 3. The lowest BCUT2D eigenvalue weighted by molar-refractivity contribution is 0.0730. The quantitative estimate of drug-likeness (QED) is 0.562. The number of hydrogen-bond donors (Lipinski definition) is 1. The van der Waals surface area contributed by atoms with E-state index in [0.717, 1.165) is 0 Å². The first-order chi connectivity index (χ1) is 15.4. The van der Waals surface area contributed by atoms with Crippen molar-refractivity contribution in [2.24, 2.45) is 0 Å². The van der Waals surface area contributed by atoms with Crippen LogP contribution in [-0.2, 0) is 21.5 Å². The summed E-state index contributed by atoms with van der Waals surface area (Å²) in [4.78, 5) is 12.7. The standard InChI is InChI=1S/C21H21ClN4O5S/c22-18-3-1-2-4-20(18)31-15-25-10-9-19(24-25)21(27)23-16-5-7-17(8-6-16)32(28,29)26-11-13-30-14-12-26/h1-10H,11-15H2,(H,23,27). The molecule has 1 aromatic heterocycles. The maximum absolute atomic E-state index is 12.7. The zero-order chi connectivity index (χ0) is 22.6. The molecule has 1 aliphatic heterocycles. The fourth-order valence-electron chi connectivity index (χ4n) is 3.09. The van der Waals surface area contributed by atoms with E-state index in [1.165, 1.54) is 21.1 Å². The third kappa shape index (κ3) is 5.10. The first-order valence-electron chi connectivity index (χ1n) is 9.83. The van der Waals surface area contributed by atoms with Gasteiger partial charge in [-0.25, -0.2) is 13.1 Å². The third-order valence-electron chi connectivity index (χ3n) is 4.78. The number of benzene rings is 2. The molecule has 0 aliphatic carbocycles. The van der Waals surface area contributed by atoms with Crippen LogP contribution in [0.1, 0.15) is 10.5 Å². The average molecular weight is 477 g/mol. The molecule has 3 aromatic rings. The summed E-state index contributed by atoms with van der Waals surface area (Å²) in [6, 6.07) is 14.6. The van der Waals surface area contributed by atoms with Crippen molar-refractivity contribution in [3.05, 3.63) is 71.5 Å². The second-order valence-electron chi connectivity index (χ2n) is 6.94. The van der Waals surface area contributed by atoms with Gasteiger partial charge in [-0.05, 0) is 42.5 Å². The minimum Gasteiger partial charge on any atom is -0.470 e. The van der Waals surface area contributed by atoms with Crippen molar-refractivity contribution in [3.63, 3.8) is 0 Å². The van der Waals surface area contributed by atoms with E-state index in [9.17, 15) is 13.2 Å². The molecule has 168 valence electrons. The fourth-order valence-corrected chi connectivity index (χ4v) is 4.69. The zero-order valence-electron chi connectivity index (χ0n) is 17.0. The SMILES string of the molecule is O=C(Nc1ccc(S(=O)(=O)N2CCOCC2)cc1)c1ccn(COc2ccccc2Cl)n1. The van der Waals surface area contributed by atoms with Gasteiger partial charge in [0.1, 0.15) is 5.75 Å². The average Bonchev–Trinajstić information content (AvgIpc) is 3.29. The zero-order valence-corrected chi connectivity index (χ0v) is 18.6. The lowest BCUT2D eigenvalue weighted by Gasteiger charge is -2.26. The maximum atomic E-state index is 12.7. The Balaban J connectivity index is 1.36. The van der Waals surface area contributed by atoms with Gasteiger partial charge >= 0.3 is 0 Å². The number of amides is 1. The number of nitrogens with one attached hydrogen (secondary N) is 1. The van der Waals surface area contributed by atoms with E-state index < -0.39 is 15.9 Å². The normalized spacial score (nSPS) is 14.8. The highest BCUT2D eigenvalue weighted by Crippen LogP contribution is 2.23. The lowest BCUT2D eigenvalue weighted by atomic mass is 10.3. The molecular formula is C21H21ClN4O5S. The molecule has 0 unspecified atom stereocenters. The summed E-state index contributed by atoms with van der Waals surface area (Å²) < 4.78 is 39.0. The largest absolute Gasteiger partial charge is 0.470 e. The molecule has 0 spiro atoms. The van der Waals surface area contributed by atoms with Gasteiger partial charge in [0.2, 0.25) is 10.0 Å². The minimum absolute atomic E-state index is 0.0884. The summed E-state index contributed by atoms with van der Waals surface area (Å²) in [7, 11) is -3.59. The van der Waals surface area contributed by atoms with Crippen LogP contribution in [0.25, 0.3) is 0 Å². The molecule has 9 nitrogen and oxygen atoms in total. The number of ether oxygens (including phenoxy) is 2. The second-order valence-corrected chi connectivity index (χ2v) is 9.28. The molecule has 1 amide bonds. The molecule has 1 saturated heterocycles. The summed E-state index contributed by atoms with van der Waals surface area (Å²) in [5.41, 5.74) is 0.649. The summed E-state index contributed by atoms with van der Waals surface area (Å²) >= 11 is 6.06. The van der Waals surface area contributed by atoms with Crippen molar-refractivity contribution in [2.45, 2.75) is 11.6 Å². The van der Waals surface area contributed by atoms with Gasteiger partial charge in [0.15, 0.2) is 12.4 Å². The third-order valence-corrected chi connectivity index (χ3v) is 7.01. The molecule has 32 heavy (non-hydrogen) atoms. The van der Waals surface area contributed by atoms with E-state index >= 15 is 0 Å². The second kappa shape index (κ2) is 9.70. The minimum atomic E-state index is -3.59. The number of halogens is 1. The maximum Gasteiger partial charge on any atom is 0.276 e. The van der Waals surface area contributed by atoms with E-state index in [1.54, 1.807) is 48.7 Å². The number of para-hydroxylation sites is 1. The van der Waals surface area contributed by atoms with Crippen LogP contribution in [-0.4, -0.2) is 54.7 Å². The monoisotopic (exact) mass is 476 g/mol. The molecule has 0 radical (unpaired) electrons. The van der Waals surface area contributed by atoms with E-state index in [-0.39, 0.29) is 17.3 Å². The summed E-state index contributed by atoms with van der Waals surface area (Å²) in [6.07, 6.45) is 1.61. The number of carbonyl (C=O) groups is 1. The van der Waals surface area contributed by atoms with Crippen LogP contribution in [0.4, 0.5) is 5.69 Å². The smallest absolute Gasteiger partial charge is 0.276 e. The molecule has 1 N–H and O–H groups in total. The molecule has 0 atom stereocenters. The molecule has 2 heterocycles. The lowest BCUT2D eigenvalue weighted by Crippen LogP contribution is -2.40. The van der Waals surface area contributed by atoms with Crippen molar-refractivity contribution >= 4 is 33.2 Å². The van der Waals surface area contributed by atoms with Crippen LogP contribution in [0, 0.1) is 0 Å². The van der Waals surface area contributed by atoms with Gasteiger partial charge in [-0.15, -0.1) is 0 Å². The van der Waals surface area contributed by atoms with Crippen LogP contribution in [0.5, 0.6) is 5.75 Å². The fraction of sp³-hybridized carbons (Fsp3) is 0.238. The van der Waals surface area contributed by atoms with Crippen molar-refractivity contribution in [2.75, 3.05) is 31.6 Å². The Hall–Kier alpha value is -2.92. The van der Waals surface area contributed by atoms with Crippen LogP contribution in [0.2, 0.25) is 5.02 Å². The predicted octanol–water partition coefficient (Wildman–Crippen LogP) is 2.85. The molecule has 4 rings (SSSR count). The van der Waals surface area contributed by atoms with E-state index in [0.29, 0.717) is 42.8 Å². The van der Waals surface area contributed by atoms with Crippen LogP contribution >= 0.6 is 11.6 Å². The first kappa shape index (κ1) is 22.3. The highest BCUT2D eigenvalue weighted by atomic mass is 35.5. The van der Waals surface area contributed by atoms with Crippen LogP contribution < -0.4 is 10.1 Å². The molecule has 1 fully saturated rings. The Morgan fingerprint density at radius 3 is 2.53 bits per heavy atom. The summed E-state index contributed by atoms with van der Waals surface area (Å²) in [6.45, 7) is 1.49. The number of carbonyl (C=O) groups excluding carboxylic acids is 1. The van der Waals surface area contributed by atoms with Crippen LogP contribution in [0.3, 0.4) is 0 Å². The highest BCUT2D eigenvalue weighted by molar-refractivity contribution is 7.89. The van der Waals surface area contributed by atoms with Gasteiger partial charge in [-0.3, -0.25) is 4.79 Å². The Labute approximate surface area is 190 Å². The van der Waals surface area contributed by atoms with Crippen molar-refractivity contribution in [1.82, 2.24) is 14.1 Å². The number of hydrogen-bond acceptors (Lipinski definition) is 6. The first-order valence-corrected chi connectivity index (χ1v) is 11.7. The van der Waals surface area contributed by atoms with Gasteiger partial charge in [-0.1, -0.05) is 23.7 Å². The van der Waals surface area contributed by atoms with Crippen molar-refractivity contribution in [1.29, 1.82) is 0 Å². The Morgan fingerprint density at radius 2 is 1.81 bits per heavy atom. The molecule has 2 aromatic carbocycles. The van der Waals surface area contributed by atoms with E-state index in [1.807, 2.05) is 0 Å². The molecule has 0 bridgehead atoms. The number of rotatable bonds is 7. The number of sulfonamides is 1. The molecule has 1 aliphatic rings. The van der Waals surface area contributed by atoms with E-state index in [2.05, 4.69) is 10.4 Å². The number of anilines is 1. The van der Waals surface area contributed by atoms with Gasteiger partial charge < -0.3 is 14.8 Å². The number of aromatic nitrogens is 2. The topological polar surface area (TPSA) is 103 Å². The summed E-state index contributed by atoms with van der Waals surface area (Å²) in [5.74, 6) is 0.0908. The van der Waals surface area contributed by atoms with Gasteiger partial charge in [0.05, 0.1) is 23.1 Å². The molecular weight excluding hydrogens is 456 g/mol. The highest BCUT2D eigenvalue weighted by Gasteiger charge is 2.26. The van der Waals surface area contributed by atoms with E-state index in [4.69, 9.17) is 21.1 Å². The Morgan fingerprint density at radius 1 is 1.09 bits per heavy atom. The number of morpholine rings is 1. The predicted molar refractivity (Wildman–Crippen MR) is 118 cm³/mol. The molecule has 11 heteroatoms. The van der Waals surface area contributed by atoms with Crippen LogP contribution in [0.15, 0.2) is 65.7 Å². The van der Waals surface area contributed by atoms with Crippen molar-refractivity contribution < 1.29 is 22.7 Å². The Kier molecular flexibility index (Phi) is 6.75. The van der Waals surface area contributed by atoms with Crippen molar-refractivity contribution in [3.8, 4) is 5.75 Å². The Bertz CT molecular complexity index is 1190. The van der Waals surface area contributed by atoms with Gasteiger partial charge in [-0.2, -0.15) is 9.40 Å². The molecule has 0 saturated carbocycles.